The molecule has 0 aliphatic carbocycles. The van der Waals surface area contributed by atoms with Crippen molar-refractivity contribution in [3.8, 4) is 0 Å². The minimum atomic E-state index is -4.92. The van der Waals surface area contributed by atoms with Crippen LogP contribution in [0.1, 0.15) is 18.4 Å². The molecule has 1 aromatic rings. The molecule has 1 unspecified atom stereocenters. The molecule has 0 radical (unpaired) electrons. The summed E-state index contributed by atoms with van der Waals surface area (Å²) in [6, 6.07) is 1.59. The lowest BCUT2D eigenvalue weighted by molar-refractivity contribution is -0.140. The topological polar surface area (TPSA) is 101 Å². The molecule has 1 saturated heterocycles. The Morgan fingerprint density at radius 1 is 1.36 bits per heavy atom. The van der Waals surface area contributed by atoms with E-state index in [1.54, 1.807) is 0 Å². The Bertz CT molecular complexity index is 703. The smallest absolute Gasteiger partial charge is 0.417 e. The van der Waals surface area contributed by atoms with Crippen molar-refractivity contribution in [3.63, 3.8) is 0 Å². The number of nitrogens with two attached hydrogens (primary N) is 1. The van der Waals surface area contributed by atoms with Gasteiger partial charge in [0.2, 0.25) is 10.0 Å². The first kappa shape index (κ1) is 16.6. The number of rotatable bonds is 3. The van der Waals surface area contributed by atoms with E-state index in [4.69, 9.17) is 10.2 Å². The summed E-state index contributed by atoms with van der Waals surface area (Å²) < 4.78 is 61.7. The molecular formula is C12H13F3N2O4S. The summed E-state index contributed by atoms with van der Waals surface area (Å²) in [6.07, 6.45) is -4.08. The van der Waals surface area contributed by atoms with Crippen LogP contribution in [-0.2, 0) is 21.0 Å². The summed E-state index contributed by atoms with van der Waals surface area (Å²) in [6.45, 7) is 0.281. The van der Waals surface area contributed by atoms with Gasteiger partial charge in [0.15, 0.2) is 0 Å². The van der Waals surface area contributed by atoms with Crippen LogP contribution in [0.5, 0.6) is 0 Å². The number of aliphatic carboxylic acids is 1. The van der Waals surface area contributed by atoms with Gasteiger partial charge in [0, 0.05) is 12.2 Å². The highest BCUT2D eigenvalue weighted by molar-refractivity contribution is 7.89. The van der Waals surface area contributed by atoms with Crippen molar-refractivity contribution in [1.82, 2.24) is 0 Å². The van der Waals surface area contributed by atoms with Crippen LogP contribution >= 0.6 is 0 Å². The second-order valence-electron chi connectivity index (χ2n) is 4.91. The third-order valence-electron chi connectivity index (χ3n) is 3.44. The minimum Gasteiger partial charge on any atom is -0.480 e. The highest BCUT2D eigenvalue weighted by atomic mass is 32.2. The maximum atomic E-state index is 13.0. The van der Waals surface area contributed by atoms with Gasteiger partial charge in [-0.25, -0.2) is 18.4 Å². The molecule has 122 valence electrons. The number of carboxylic acid groups (broad SMARTS) is 1. The lowest BCUT2D eigenvalue weighted by atomic mass is 10.1. The van der Waals surface area contributed by atoms with Crippen LogP contribution in [0.15, 0.2) is 23.1 Å². The molecule has 1 aliphatic rings. The largest absolute Gasteiger partial charge is 0.480 e. The van der Waals surface area contributed by atoms with E-state index in [-0.39, 0.29) is 12.2 Å². The third kappa shape index (κ3) is 3.17. The van der Waals surface area contributed by atoms with Crippen molar-refractivity contribution in [2.75, 3.05) is 11.4 Å². The van der Waals surface area contributed by atoms with Crippen molar-refractivity contribution in [1.29, 1.82) is 0 Å². The predicted molar refractivity (Wildman–Crippen MR) is 70.8 cm³/mol. The van der Waals surface area contributed by atoms with Crippen molar-refractivity contribution in [2.24, 2.45) is 5.14 Å². The van der Waals surface area contributed by atoms with E-state index in [1.165, 1.54) is 4.90 Å². The summed E-state index contributed by atoms with van der Waals surface area (Å²) >= 11 is 0. The SMILES string of the molecule is NS(=O)(=O)c1ccc(N2CCCC2C(=O)O)cc1C(F)(F)F. The van der Waals surface area contributed by atoms with Gasteiger partial charge in [-0.15, -0.1) is 0 Å². The quantitative estimate of drug-likeness (QED) is 0.868. The van der Waals surface area contributed by atoms with Crippen molar-refractivity contribution >= 4 is 21.7 Å². The van der Waals surface area contributed by atoms with E-state index in [0.717, 1.165) is 12.1 Å². The maximum absolute atomic E-state index is 13.0. The average Bonchev–Trinajstić information content (AvgIpc) is 2.85. The van der Waals surface area contributed by atoms with Crippen molar-refractivity contribution in [2.45, 2.75) is 30.0 Å². The zero-order chi connectivity index (χ0) is 16.7. The van der Waals surface area contributed by atoms with Gasteiger partial charge in [0.05, 0.1) is 10.5 Å². The number of nitrogens with zero attached hydrogens (tertiary/aromatic N) is 1. The van der Waals surface area contributed by atoms with Crippen LogP contribution in [0.3, 0.4) is 0 Å². The Balaban J connectivity index is 2.55. The van der Waals surface area contributed by atoms with E-state index in [0.29, 0.717) is 18.9 Å². The van der Waals surface area contributed by atoms with E-state index >= 15 is 0 Å². The standard InChI is InChI=1S/C12H13F3N2O4S/c13-12(14,15)8-6-7(3-4-10(8)22(16,20)21)17-5-1-2-9(17)11(18)19/h3-4,6,9H,1-2,5H2,(H,18,19)(H2,16,20,21). The Morgan fingerprint density at radius 2 is 2.00 bits per heavy atom. The van der Waals surface area contributed by atoms with E-state index in [2.05, 4.69) is 0 Å². The van der Waals surface area contributed by atoms with Crippen LogP contribution in [0.2, 0.25) is 0 Å². The number of carboxylic acids is 1. The lowest BCUT2D eigenvalue weighted by Gasteiger charge is -2.25. The molecule has 10 heteroatoms. The molecule has 2 rings (SSSR count). The summed E-state index contributed by atoms with van der Waals surface area (Å²) in [7, 11) is -4.54. The minimum absolute atomic E-state index is 0.00428. The van der Waals surface area contributed by atoms with Gasteiger partial charge in [-0.2, -0.15) is 13.2 Å². The fourth-order valence-corrected chi connectivity index (χ4v) is 3.24. The molecule has 1 fully saturated rings. The van der Waals surface area contributed by atoms with Gasteiger partial charge >= 0.3 is 12.1 Å². The highest BCUT2D eigenvalue weighted by Crippen LogP contribution is 2.37. The number of anilines is 1. The van der Waals surface area contributed by atoms with Crippen LogP contribution in [0, 0.1) is 0 Å². The number of hydrogen-bond acceptors (Lipinski definition) is 4. The lowest BCUT2D eigenvalue weighted by Crippen LogP contribution is -2.36. The number of benzene rings is 1. The zero-order valence-electron chi connectivity index (χ0n) is 11.2. The molecule has 0 saturated carbocycles. The first-order chi connectivity index (χ1) is 10.0. The first-order valence-electron chi connectivity index (χ1n) is 6.25. The summed E-state index contributed by atoms with van der Waals surface area (Å²) in [5.74, 6) is -1.14. The Hall–Kier alpha value is -1.81. The molecule has 0 amide bonds. The zero-order valence-corrected chi connectivity index (χ0v) is 12.0. The van der Waals surface area contributed by atoms with Crippen LogP contribution in [0.4, 0.5) is 18.9 Å². The Morgan fingerprint density at radius 3 is 2.50 bits per heavy atom. The molecule has 0 aromatic heterocycles. The Kier molecular flexibility index (Phi) is 4.09. The number of primary sulfonamides is 1. The van der Waals surface area contributed by atoms with Gasteiger partial charge in [0.25, 0.3) is 0 Å². The molecule has 1 aliphatic heterocycles. The molecule has 1 aromatic carbocycles. The monoisotopic (exact) mass is 338 g/mol. The number of sulfonamides is 1. The fourth-order valence-electron chi connectivity index (χ4n) is 2.50. The number of alkyl halides is 3. The first-order valence-corrected chi connectivity index (χ1v) is 7.80. The summed E-state index contributed by atoms with van der Waals surface area (Å²) in [5.41, 5.74) is -1.40. The summed E-state index contributed by atoms with van der Waals surface area (Å²) in [4.78, 5) is 11.4. The average molecular weight is 338 g/mol. The Labute approximate surface area is 124 Å². The van der Waals surface area contributed by atoms with Gasteiger partial charge in [-0.05, 0) is 31.0 Å². The molecule has 1 heterocycles. The third-order valence-corrected chi connectivity index (χ3v) is 4.41. The fraction of sp³-hybridized carbons (Fsp3) is 0.417. The van der Waals surface area contributed by atoms with Gasteiger partial charge in [0.1, 0.15) is 6.04 Å². The van der Waals surface area contributed by atoms with Gasteiger partial charge < -0.3 is 10.0 Å². The van der Waals surface area contributed by atoms with Gasteiger partial charge in [-0.3, -0.25) is 0 Å². The van der Waals surface area contributed by atoms with Crippen LogP contribution in [0.25, 0.3) is 0 Å². The molecular weight excluding hydrogens is 325 g/mol. The second-order valence-corrected chi connectivity index (χ2v) is 6.44. The predicted octanol–water partition coefficient (Wildman–Crippen LogP) is 1.41. The number of carbonyl (C=O) groups is 1. The normalized spacial score (nSPS) is 19.5. The van der Waals surface area contributed by atoms with Crippen LogP contribution < -0.4 is 10.0 Å². The van der Waals surface area contributed by atoms with Crippen molar-refractivity contribution < 1.29 is 31.5 Å². The van der Waals surface area contributed by atoms with Crippen molar-refractivity contribution in [3.05, 3.63) is 23.8 Å². The second kappa shape index (κ2) is 5.43. The van der Waals surface area contributed by atoms with E-state index in [1.807, 2.05) is 0 Å². The molecule has 6 nitrogen and oxygen atoms in total. The molecule has 22 heavy (non-hydrogen) atoms. The molecule has 1 atom stereocenters. The number of halogens is 3. The molecule has 3 N–H and O–H groups in total. The summed E-state index contributed by atoms with van der Waals surface area (Å²) in [5, 5.41) is 13.9. The number of hydrogen-bond donors (Lipinski definition) is 2. The van der Waals surface area contributed by atoms with E-state index in [9.17, 15) is 26.4 Å². The molecule has 0 spiro atoms. The van der Waals surface area contributed by atoms with Gasteiger partial charge in [-0.1, -0.05) is 0 Å². The molecule has 0 bridgehead atoms. The highest BCUT2D eigenvalue weighted by Gasteiger charge is 2.38. The van der Waals surface area contributed by atoms with Crippen LogP contribution in [-0.4, -0.2) is 32.1 Å². The van der Waals surface area contributed by atoms with E-state index < -0.39 is 38.7 Å². The maximum Gasteiger partial charge on any atom is 0.417 e.